The van der Waals surface area contributed by atoms with Gasteiger partial charge in [-0.3, -0.25) is 4.79 Å². The number of carbonyl (C=O) groups excluding carboxylic acids is 2. The number of carbonyl (C=O) groups is 3. The minimum Gasteiger partial charge on any atom is -0.479 e. The number of nitrogens with one attached hydrogen (secondary N) is 2. The molecule has 34 heavy (non-hydrogen) atoms. The topological polar surface area (TPSA) is 186 Å². The molecule has 0 bridgehead atoms. The highest BCUT2D eigenvalue weighted by atomic mass is 16.5. The Morgan fingerprint density at radius 3 is 1.82 bits per heavy atom. The molecule has 2 aromatic rings. The molecule has 0 heterocycles. The van der Waals surface area contributed by atoms with Crippen molar-refractivity contribution in [3.8, 4) is 11.1 Å². The highest BCUT2D eigenvalue weighted by Crippen LogP contribution is 2.44. The maximum absolute atomic E-state index is 12.1. The second kappa shape index (κ2) is 11.1. The summed E-state index contributed by atoms with van der Waals surface area (Å²) in [7, 11) is 0. The standard InChI is InChI=1S/C23H26N2O9/c26-17(9-24-21(30)19(28)20(29)22(31)32)18(27)10-25-23(33)34-11-16-14-7-3-1-5-12(14)13-6-2-4-8-15(13)16/h1-8,16-20,26-29H,9-11H2,(H,24,30)(H,25,33)(H,31,32)/t17-,18-,19+,20+/m0/s1. The number of carboxylic acid groups (broad SMARTS) is 1. The smallest absolute Gasteiger partial charge is 0.407 e. The van der Waals surface area contributed by atoms with E-state index in [-0.39, 0.29) is 12.5 Å². The van der Waals surface area contributed by atoms with Crippen LogP contribution in [-0.2, 0) is 14.3 Å². The fourth-order valence-corrected chi connectivity index (χ4v) is 3.70. The molecule has 0 radical (unpaired) electrons. The number of aliphatic hydroxyl groups excluding tert-OH is 4. The lowest BCUT2D eigenvalue weighted by Gasteiger charge is -2.20. The number of hydrogen-bond donors (Lipinski definition) is 7. The number of aliphatic carboxylic acids is 1. The summed E-state index contributed by atoms with van der Waals surface area (Å²) < 4.78 is 5.32. The quantitative estimate of drug-likeness (QED) is 0.231. The highest BCUT2D eigenvalue weighted by Gasteiger charge is 2.31. The molecule has 2 amide bonds. The van der Waals surface area contributed by atoms with Crippen LogP contribution < -0.4 is 10.6 Å². The second-order valence-corrected chi connectivity index (χ2v) is 7.81. The van der Waals surface area contributed by atoms with E-state index >= 15 is 0 Å². The molecule has 1 aliphatic carbocycles. The summed E-state index contributed by atoms with van der Waals surface area (Å²) in [5.74, 6) is -3.18. The molecule has 0 aliphatic heterocycles. The fourth-order valence-electron chi connectivity index (χ4n) is 3.70. The van der Waals surface area contributed by atoms with Gasteiger partial charge in [-0.25, -0.2) is 9.59 Å². The van der Waals surface area contributed by atoms with Gasteiger partial charge in [0.2, 0.25) is 0 Å². The molecule has 4 atom stereocenters. The van der Waals surface area contributed by atoms with Gasteiger partial charge in [0.25, 0.3) is 5.91 Å². The summed E-state index contributed by atoms with van der Waals surface area (Å²) in [6, 6.07) is 15.7. The van der Waals surface area contributed by atoms with E-state index in [0.717, 1.165) is 22.3 Å². The number of alkyl carbamates (subject to hydrolysis) is 1. The zero-order chi connectivity index (χ0) is 24.8. The Morgan fingerprint density at radius 2 is 1.29 bits per heavy atom. The van der Waals surface area contributed by atoms with Crippen LogP contribution in [-0.4, -0.2) is 87.6 Å². The van der Waals surface area contributed by atoms with Crippen LogP contribution in [0.3, 0.4) is 0 Å². The van der Waals surface area contributed by atoms with Gasteiger partial charge in [-0.05, 0) is 22.3 Å². The van der Waals surface area contributed by atoms with Gasteiger partial charge in [-0.15, -0.1) is 0 Å². The van der Waals surface area contributed by atoms with Crippen molar-refractivity contribution in [2.24, 2.45) is 0 Å². The highest BCUT2D eigenvalue weighted by molar-refractivity contribution is 5.87. The van der Waals surface area contributed by atoms with Crippen molar-refractivity contribution in [3.63, 3.8) is 0 Å². The van der Waals surface area contributed by atoms with Crippen LogP contribution in [0.25, 0.3) is 11.1 Å². The Bertz CT molecular complexity index is 999. The van der Waals surface area contributed by atoms with E-state index in [1.165, 1.54) is 0 Å². The van der Waals surface area contributed by atoms with E-state index in [1.54, 1.807) is 0 Å². The molecular weight excluding hydrogens is 448 g/mol. The number of ether oxygens (including phenoxy) is 1. The molecule has 7 N–H and O–H groups in total. The monoisotopic (exact) mass is 474 g/mol. The predicted octanol–water partition coefficient (Wildman–Crippen LogP) is -0.830. The molecule has 0 aromatic heterocycles. The Kier molecular flexibility index (Phi) is 8.18. The predicted molar refractivity (Wildman–Crippen MR) is 118 cm³/mol. The summed E-state index contributed by atoms with van der Waals surface area (Å²) in [6.07, 6.45) is -8.44. The Morgan fingerprint density at radius 1 is 0.794 bits per heavy atom. The number of hydrogen-bond acceptors (Lipinski definition) is 8. The Hall–Kier alpha value is -3.51. The van der Waals surface area contributed by atoms with Crippen LogP contribution in [0.2, 0.25) is 0 Å². The lowest BCUT2D eigenvalue weighted by Crippen LogP contribution is -2.50. The SMILES string of the molecule is O=C(NC[C@H](O)[C@@H](O)CNC(=O)[C@H](O)[C@@H](O)C(=O)O)OCC1c2ccccc2-c2ccccc21. The van der Waals surface area contributed by atoms with Crippen molar-refractivity contribution >= 4 is 18.0 Å². The number of benzene rings is 2. The summed E-state index contributed by atoms with van der Waals surface area (Å²) in [5, 5.41) is 51.3. The van der Waals surface area contributed by atoms with Crippen LogP contribution in [0.5, 0.6) is 0 Å². The molecule has 11 nitrogen and oxygen atoms in total. The first-order valence-electron chi connectivity index (χ1n) is 10.5. The molecular formula is C23H26N2O9. The average molecular weight is 474 g/mol. The first-order chi connectivity index (χ1) is 16.2. The van der Waals surface area contributed by atoms with E-state index in [4.69, 9.17) is 14.9 Å². The third-order valence-electron chi connectivity index (χ3n) is 5.55. The first-order valence-corrected chi connectivity index (χ1v) is 10.5. The molecule has 0 saturated carbocycles. The average Bonchev–Trinajstić information content (AvgIpc) is 3.16. The molecule has 3 rings (SSSR count). The number of amides is 2. The molecule has 0 unspecified atom stereocenters. The van der Waals surface area contributed by atoms with Gasteiger partial charge in [-0.2, -0.15) is 0 Å². The van der Waals surface area contributed by atoms with Crippen molar-refractivity contribution in [1.29, 1.82) is 0 Å². The zero-order valence-electron chi connectivity index (χ0n) is 18.0. The lowest BCUT2D eigenvalue weighted by molar-refractivity contribution is -0.158. The van der Waals surface area contributed by atoms with Crippen LogP contribution >= 0.6 is 0 Å². The van der Waals surface area contributed by atoms with Crippen LogP contribution in [0.4, 0.5) is 4.79 Å². The first kappa shape index (κ1) is 25.1. The number of rotatable bonds is 10. The Labute approximate surface area is 194 Å². The normalized spacial score (nSPS) is 15.9. The minimum atomic E-state index is -2.34. The van der Waals surface area contributed by atoms with Gasteiger partial charge in [0.05, 0.1) is 12.2 Å². The van der Waals surface area contributed by atoms with Gasteiger partial charge in [0, 0.05) is 19.0 Å². The third-order valence-corrected chi connectivity index (χ3v) is 5.55. The fraction of sp³-hybridized carbons (Fsp3) is 0.348. The minimum absolute atomic E-state index is 0.0678. The van der Waals surface area contributed by atoms with Crippen LogP contribution in [0.1, 0.15) is 17.0 Å². The van der Waals surface area contributed by atoms with Gasteiger partial charge in [-0.1, -0.05) is 48.5 Å². The maximum Gasteiger partial charge on any atom is 0.407 e. The van der Waals surface area contributed by atoms with Crippen molar-refractivity contribution < 1.29 is 44.7 Å². The van der Waals surface area contributed by atoms with Crippen molar-refractivity contribution in [3.05, 3.63) is 59.7 Å². The van der Waals surface area contributed by atoms with E-state index in [9.17, 15) is 29.7 Å². The summed E-state index contributed by atoms with van der Waals surface area (Å²) in [5.41, 5.74) is 4.23. The van der Waals surface area contributed by atoms with Crippen molar-refractivity contribution in [1.82, 2.24) is 10.6 Å². The van der Waals surface area contributed by atoms with E-state index in [2.05, 4.69) is 5.32 Å². The lowest BCUT2D eigenvalue weighted by atomic mass is 9.98. The molecule has 182 valence electrons. The van der Waals surface area contributed by atoms with E-state index < -0.39 is 55.5 Å². The van der Waals surface area contributed by atoms with Crippen LogP contribution in [0.15, 0.2) is 48.5 Å². The van der Waals surface area contributed by atoms with Gasteiger partial charge in [0.15, 0.2) is 12.2 Å². The third kappa shape index (κ3) is 5.69. The molecule has 2 aromatic carbocycles. The van der Waals surface area contributed by atoms with Crippen molar-refractivity contribution in [2.45, 2.75) is 30.3 Å². The van der Waals surface area contributed by atoms with E-state index in [0.29, 0.717) is 0 Å². The van der Waals surface area contributed by atoms with Crippen LogP contribution in [0, 0.1) is 0 Å². The van der Waals surface area contributed by atoms with Gasteiger partial charge >= 0.3 is 12.1 Å². The summed E-state index contributed by atoms with van der Waals surface area (Å²) in [4.78, 5) is 34.3. The number of fused-ring (bicyclic) bond motifs is 3. The molecule has 0 fully saturated rings. The number of aliphatic hydroxyl groups is 4. The zero-order valence-corrected chi connectivity index (χ0v) is 18.0. The second-order valence-electron chi connectivity index (χ2n) is 7.81. The number of carboxylic acids is 1. The Balaban J connectivity index is 1.45. The molecule has 1 aliphatic rings. The van der Waals surface area contributed by atoms with E-state index in [1.807, 2.05) is 53.8 Å². The van der Waals surface area contributed by atoms with Gasteiger partial charge in [0.1, 0.15) is 6.61 Å². The molecule has 0 spiro atoms. The summed E-state index contributed by atoms with van der Waals surface area (Å²) in [6.45, 7) is -0.887. The molecule has 11 heteroatoms. The largest absolute Gasteiger partial charge is 0.479 e. The van der Waals surface area contributed by atoms with Gasteiger partial charge < -0.3 is 40.9 Å². The summed E-state index contributed by atoms with van der Waals surface area (Å²) >= 11 is 0. The van der Waals surface area contributed by atoms with Crippen molar-refractivity contribution in [2.75, 3.05) is 19.7 Å². The maximum atomic E-state index is 12.1. The molecule has 0 saturated heterocycles.